The van der Waals surface area contributed by atoms with Crippen LogP contribution in [0.15, 0.2) is 34.8 Å². The molecule has 0 aliphatic heterocycles. The molecule has 25 heavy (non-hydrogen) atoms. The van der Waals surface area contributed by atoms with E-state index < -0.39 is 24.3 Å². The Balaban J connectivity index is 2.01. The molecule has 0 heterocycles. The van der Waals surface area contributed by atoms with Crippen molar-refractivity contribution in [1.29, 1.82) is 0 Å². The third kappa shape index (κ3) is 4.93. The largest absolute Gasteiger partial charge is 0.495 e. The lowest BCUT2D eigenvalue weighted by Crippen LogP contribution is -2.21. The van der Waals surface area contributed by atoms with Gasteiger partial charge in [0, 0.05) is 15.6 Å². The Labute approximate surface area is 157 Å². The van der Waals surface area contributed by atoms with Crippen LogP contribution in [0, 0.1) is 12.7 Å². The Morgan fingerprint density at radius 3 is 2.64 bits per heavy atom. The summed E-state index contributed by atoms with van der Waals surface area (Å²) in [5, 5.41) is 3.05. The topological polar surface area (TPSA) is 64.6 Å². The number of carbonyl (C=O) groups excluding carboxylic acids is 2. The Hall–Kier alpha value is -2.12. The zero-order chi connectivity index (χ0) is 18.6. The molecule has 0 unspecified atom stereocenters. The molecule has 0 radical (unpaired) electrons. The number of esters is 1. The lowest BCUT2D eigenvalue weighted by atomic mass is 10.2. The van der Waals surface area contributed by atoms with Crippen molar-refractivity contribution >= 4 is 45.1 Å². The molecule has 8 heteroatoms. The molecule has 1 N–H and O–H groups in total. The summed E-state index contributed by atoms with van der Waals surface area (Å²) in [6.07, 6.45) is 0. The van der Waals surface area contributed by atoms with Gasteiger partial charge >= 0.3 is 5.97 Å². The molecule has 0 fully saturated rings. The standard InChI is InChI=1S/C17H14BrClFNO4/c1-9-5-14(15(24-2)7-12(9)19)21-16(22)8-25-17(23)11-4-3-10(18)6-13(11)20/h3-7H,8H2,1-2H3,(H,21,22). The number of halogens is 3. The summed E-state index contributed by atoms with van der Waals surface area (Å²) in [4.78, 5) is 23.8. The van der Waals surface area contributed by atoms with Crippen LogP contribution in [0.3, 0.4) is 0 Å². The lowest BCUT2D eigenvalue weighted by molar-refractivity contribution is -0.119. The summed E-state index contributed by atoms with van der Waals surface area (Å²) in [6.45, 7) is 1.20. The van der Waals surface area contributed by atoms with E-state index in [0.29, 0.717) is 20.9 Å². The molecule has 5 nitrogen and oxygen atoms in total. The van der Waals surface area contributed by atoms with Crippen molar-refractivity contribution in [3.8, 4) is 5.75 Å². The zero-order valence-electron chi connectivity index (χ0n) is 13.4. The second-order valence-electron chi connectivity index (χ2n) is 5.05. The third-order valence-electron chi connectivity index (χ3n) is 3.24. The predicted octanol–water partition coefficient (Wildman–Crippen LogP) is 4.35. The average Bonchev–Trinajstić information content (AvgIpc) is 2.55. The SMILES string of the molecule is COc1cc(Cl)c(C)cc1NC(=O)COC(=O)c1ccc(Br)cc1F. The van der Waals surface area contributed by atoms with E-state index in [9.17, 15) is 14.0 Å². The van der Waals surface area contributed by atoms with Crippen molar-refractivity contribution in [1.82, 2.24) is 0 Å². The number of methoxy groups -OCH3 is 1. The Morgan fingerprint density at radius 1 is 1.28 bits per heavy atom. The van der Waals surface area contributed by atoms with Crippen LogP contribution in [0.1, 0.15) is 15.9 Å². The molecule has 0 atom stereocenters. The maximum atomic E-state index is 13.7. The molecule has 0 aliphatic rings. The molecule has 2 aromatic carbocycles. The number of nitrogens with one attached hydrogen (secondary N) is 1. The smallest absolute Gasteiger partial charge is 0.341 e. The fourth-order valence-electron chi connectivity index (χ4n) is 1.98. The molecular formula is C17H14BrClFNO4. The van der Waals surface area contributed by atoms with E-state index in [1.807, 2.05) is 0 Å². The number of aryl methyl sites for hydroxylation is 1. The molecule has 0 saturated carbocycles. The molecule has 0 aliphatic carbocycles. The Bertz CT molecular complexity index is 829. The first-order valence-electron chi connectivity index (χ1n) is 7.08. The van der Waals surface area contributed by atoms with E-state index in [1.165, 1.54) is 19.2 Å². The number of carbonyl (C=O) groups is 2. The molecule has 132 valence electrons. The van der Waals surface area contributed by atoms with Crippen LogP contribution in [0.5, 0.6) is 5.75 Å². The second kappa shape index (κ2) is 8.31. The first kappa shape index (κ1) is 19.2. The highest BCUT2D eigenvalue weighted by molar-refractivity contribution is 9.10. The van der Waals surface area contributed by atoms with Crippen LogP contribution in [0.4, 0.5) is 10.1 Å². The quantitative estimate of drug-likeness (QED) is 0.716. The first-order chi connectivity index (χ1) is 11.8. The molecule has 0 aromatic heterocycles. The molecule has 2 aromatic rings. The van der Waals surface area contributed by atoms with Crippen LogP contribution in [0.2, 0.25) is 5.02 Å². The fraction of sp³-hybridized carbons (Fsp3) is 0.176. The van der Waals surface area contributed by atoms with Crippen molar-refractivity contribution in [3.05, 3.63) is 56.8 Å². The van der Waals surface area contributed by atoms with Crippen molar-refractivity contribution in [3.63, 3.8) is 0 Å². The van der Waals surface area contributed by atoms with Gasteiger partial charge in [0.15, 0.2) is 6.61 Å². The summed E-state index contributed by atoms with van der Waals surface area (Å²) >= 11 is 9.09. The molecule has 0 bridgehead atoms. The van der Waals surface area contributed by atoms with Crippen LogP contribution in [-0.4, -0.2) is 25.6 Å². The highest BCUT2D eigenvalue weighted by Crippen LogP contribution is 2.30. The summed E-state index contributed by atoms with van der Waals surface area (Å²) in [6, 6.07) is 7.11. The zero-order valence-corrected chi connectivity index (χ0v) is 15.7. The van der Waals surface area contributed by atoms with Crippen LogP contribution >= 0.6 is 27.5 Å². The van der Waals surface area contributed by atoms with Gasteiger partial charge in [-0.15, -0.1) is 0 Å². The van der Waals surface area contributed by atoms with Crippen LogP contribution in [-0.2, 0) is 9.53 Å². The summed E-state index contributed by atoms with van der Waals surface area (Å²) in [5.74, 6) is -1.89. The van der Waals surface area contributed by atoms with Crippen LogP contribution < -0.4 is 10.1 Å². The summed E-state index contributed by atoms with van der Waals surface area (Å²) in [7, 11) is 1.44. The van der Waals surface area contributed by atoms with E-state index in [-0.39, 0.29) is 5.56 Å². The summed E-state index contributed by atoms with van der Waals surface area (Å²) in [5.41, 5.74) is 0.878. The number of ether oxygens (including phenoxy) is 2. The number of benzene rings is 2. The monoisotopic (exact) mass is 429 g/mol. The van der Waals surface area contributed by atoms with Gasteiger partial charge in [0.1, 0.15) is 11.6 Å². The van der Waals surface area contributed by atoms with E-state index >= 15 is 0 Å². The Morgan fingerprint density at radius 2 is 2.00 bits per heavy atom. The van der Waals surface area contributed by atoms with Gasteiger partial charge < -0.3 is 14.8 Å². The average molecular weight is 431 g/mol. The normalized spacial score (nSPS) is 10.3. The molecule has 1 amide bonds. The molecule has 0 spiro atoms. The van der Waals surface area contributed by atoms with Gasteiger partial charge in [-0.2, -0.15) is 0 Å². The van der Waals surface area contributed by atoms with E-state index in [4.69, 9.17) is 21.1 Å². The Kier molecular flexibility index (Phi) is 6.39. The van der Waals surface area contributed by atoms with Gasteiger partial charge in [-0.1, -0.05) is 27.5 Å². The van der Waals surface area contributed by atoms with Gasteiger partial charge in [0.2, 0.25) is 0 Å². The highest BCUT2D eigenvalue weighted by atomic mass is 79.9. The van der Waals surface area contributed by atoms with E-state index in [0.717, 1.165) is 11.6 Å². The maximum absolute atomic E-state index is 13.7. The van der Waals surface area contributed by atoms with Gasteiger partial charge in [0.05, 0.1) is 18.4 Å². The van der Waals surface area contributed by atoms with Gasteiger partial charge in [-0.3, -0.25) is 4.79 Å². The minimum Gasteiger partial charge on any atom is -0.495 e. The second-order valence-corrected chi connectivity index (χ2v) is 6.37. The number of hydrogen-bond donors (Lipinski definition) is 1. The molecule has 2 rings (SSSR count). The number of rotatable bonds is 5. The molecular weight excluding hydrogens is 417 g/mol. The van der Waals surface area contributed by atoms with E-state index in [2.05, 4.69) is 21.2 Å². The maximum Gasteiger partial charge on any atom is 0.341 e. The minimum atomic E-state index is -0.931. The fourth-order valence-corrected chi connectivity index (χ4v) is 2.47. The number of amides is 1. The van der Waals surface area contributed by atoms with Crippen LogP contribution in [0.25, 0.3) is 0 Å². The van der Waals surface area contributed by atoms with Gasteiger partial charge in [0.25, 0.3) is 5.91 Å². The molecule has 0 saturated heterocycles. The van der Waals surface area contributed by atoms with Crippen molar-refractivity contribution in [2.24, 2.45) is 0 Å². The third-order valence-corrected chi connectivity index (χ3v) is 4.14. The minimum absolute atomic E-state index is 0.254. The first-order valence-corrected chi connectivity index (χ1v) is 8.25. The van der Waals surface area contributed by atoms with Gasteiger partial charge in [-0.05, 0) is 36.8 Å². The lowest BCUT2D eigenvalue weighted by Gasteiger charge is -2.12. The predicted molar refractivity (Wildman–Crippen MR) is 95.8 cm³/mol. The van der Waals surface area contributed by atoms with Gasteiger partial charge in [-0.25, -0.2) is 9.18 Å². The van der Waals surface area contributed by atoms with Crippen molar-refractivity contribution in [2.45, 2.75) is 6.92 Å². The van der Waals surface area contributed by atoms with Crippen molar-refractivity contribution in [2.75, 3.05) is 19.0 Å². The summed E-state index contributed by atoms with van der Waals surface area (Å²) < 4.78 is 24.2. The number of hydrogen-bond acceptors (Lipinski definition) is 4. The number of anilines is 1. The van der Waals surface area contributed by atoms with Crippen molar-refractivity contribution < 1.29 is 23.5 Å². The van der Waals surface area contributed by atoms with E-state index in [1.54, 1.807) is 19.1 Å². The highest BCUT2D eigenvalue weighted by Gasteiger charge is 2.16.